The smallest absolute Gasteiger partial charge is 0.259 e. The van der Waals surface area contributed by atoms with Gasteiger partial charge in [0.25, 0.3) is 5.91 Å². The molecule has 0 fully saturated rings. The van der Waals surface area contributed by atoms with Gasteiger partial charge >= 0.3 is 0 Å². The van der Waals surface area contributed by atoms with Gasteiger partial charge in [0.15, 0.2) is 0 Å². The van der Waals surface area contributed by atoms with Gasteiger partial charge in [-0.05, 0) is 16.7 Å². The van der Waals surface area contributed by atoms with E-state index < -0.39 is 11.9 Å². The lowest BCUT2D eigenvalue weighted by molar-refractivity contribution is -0.255. The van der Waals surface area contributed by atoms with Crippen molar-refractivity contribution in [3.63, 3.8) is 0 Å². The Morgan fingerprint density at radius 1 is 0.960 bits per heavy atom. The Morgan fingerprint density at radius 2 is 1.64 bits per heavy atom. The Morgan fingerprint density at radius 3 is 2.28 bits per heavy atom. The van der Waals surface area contributed by atoms with Gasteiger partial charge in [-0.15, -0.1) is 0 Å². The van der Waals surface area contributed by atoms with Crippen molar-refractivity contribution in [2.45, 2.75) is 6.42 Å². The summed E-state index contributed by atoms with van der Waals surface area (Å²) in [7, 11) is 0. The number of hydrogen-bond acceptors (Lipinski definition) is 5. The van der Waals surface area contributed by atoms with Gasteiger partial charge in [0.2, 0.25) is 5.91 Å². The number of carbonyl (C=O) groups excluding carboxylic acids is 3. The maximum atomic E-state index is 11.7. The van der Waals surface area contributed by atoms with Gasteiger partial charge in [-0.2, -0.15) is 5.10 Å². The zero-order chi connectivity index (χ0) is 18.1. The highest BCUT2D eigenvalue weighted by molar-refractivity contribution is 5.89. The molecule has 2 rings (SSSR count). The van der Waals surface area contributed by atoms with Gasteiger partial charge < -0.3 is 15.2 Å². The van der Waals surface area contributed by atoms with Crippen molar-refractivity contribution in [2.75, 3.05) is 6.54 Å². The predicted molar refractivity (Wildman–Crippen MR) is 89.7 cm³/mol. The molecule has 0 radical (unpaired) electrons. The molecule has 0 bridgehead atoms. The number of rotatable bonds is 7. The molecule has 7 heteroatoms. The average molecular weight is 338 g/mol. The number of carboxylic acids is 1. The number of benzene rings is 2. The Labute approximate surface area is 144 Å². The maximum absolute atomic E-state index is 11.7. The molecule has 0 spiro atoms. The lowest BCUT2D eigenvalue weighted by Gasteiger charge is -2.04. The van der Waals surface area contributed by atoms with E-state index in [0.29, 0.717) is 5.56 Å². The summed E-state index contributed by atoms with van der Waals surface area (Å²) in [5, 5.41) is 16.9. The molecule has 0 atom stereocenters. The third-order valence-corrected chi connectivity index (χ3v) is 3.20. The van der Waals surface area contributed by atoms with Crippen LogP contribution in [0.25, 0.3) is 0 Å². The summed E-state index contributed by atoms with van der Waals surface area (Å²) >= 11 is 0. The summed E-state index contributed by atoms with van der Waals surface area (Å²) in [6, 6.07) is 15.0. The van der Waals surface area contributed by atoms with Crippen LogP contribution in [0, 0.1) is 0 Å². The summed E-state index contributed by atoms with van der Waals surface area (Å²) in [5.41, 5.74) is 3.80. The molecule has 0 aliphatic rings. The number of amides is 2. The van der Waals surface area contributed by atoms with Gasteiger partial charge in [-0.25, -0.2) is 5.43 Å². The van der Waals surface area contributed by atoms with E-state index in [1.165, 1.54) is 30.5 Å². The van der Waals surface area contributed by atoms with E-state index in [-0.39, 0.29) is 24.4 Å². The number of hydrazone groups is 1. The first kappa shape index (κ1) is 17.9. The van der Waals surface area contributed by atoms with E-state index >= 15 is 0 Å². The molecule has 2 aromatic rings. The molecule has 25 heavy (non-hydrogen) atoms. The quantitative estimate of drug-likeness (QED) is 0.541. The highest BCUT2D eigenvalue weighted by Crippen LogP contribution is 2.01. The van der Waals surface area contributed by atoms with Crippen LogP contribution in [-0.4, -0.2) is 30.5 Å². The van der Waals surface area contributed by atoms with E-state index in [1.807, 2.05) is 30.3 Å². The topological polar surface area (TPSA) is 111 Å². The standard InChI is InChI=1S/C18H17N3O4/c22-16(10-13-4-2-1-3-5-13)19-12-17(23)21-20-11-14-6-8-15(9-7-14)18(24)25/h1-9,11H,10,12H2,(H,19,22)(H,21,23)(H,24,25)/p-1. The van der Waals surface area contributed by atoms with Crippen LogP contribution >= 0.6 is 0 Å². The second-order valence-corrected chi connectivity index (χ2v) is 5.14. The first-order chi connectivity index (χ1) is 12.0. The zero-order valence-corrected chi connectivity index (χ0v) is 13.3. The first-order valence-electron chi connectivity index (χ1n) is 7.48. The average Bonchev–Trinajstić information content (AvgIpc) is 2.61. The molecule has 2 N–H and O–H groups in total. The van der Waals surface area contributed by atoms with E-state index in [9.17, 15) is 19.5 Å². The number of aromatic carboxylic acids is 1. The lowest BCUT2D eigenvalue weighted by Crippen LogP contribution is -2.35. The predicted octanol–water partition coefficient (Wildman–Crippen LogP) is -0.141. The van der Waals surface area contributed by atoms with Crippen molar-refractivity contribution in [1.29, 1.82) is 0 Å². The van der Waals surface area contributed by atoms with Crippen molar-refractivity contribution in [1.82, 2.24) is 10.7 Å². The molecular formula is C18H16N3O4-. The summed E-state index contributed by atoms with van der Waals surface area (Å²) in [5.74, 6) is -1.99. The second-order valence-electron chi connectivity index (χ2n) is 5.14. The monoisotopic (exact) mass is 338 g/mol. The summed E-state index contributed by atoms with van der Waals surface area (Å²) in [6.07, 6.45) is 1.56. The largest absolute Gasteiger partial charge is 0.545 e. The molecule has 0 aliphatic heterocycles. The van der Waals surface area contributed by atoms with Crippen LogP contribution in [0.1, 0.15) is 21.5 Å². The van der Waals surface area contributed by atoms with Crippen LogP contribution in [0.3, 0.4) is 0 Å². The lowest BCUT2D eigenvalue weighted by atomic mass is 10.1. The minimum absolute atomic E-state index is 0.0577. The number of hydrogen-bond donors (Lipinski definition) is 2. The number of nitrogens with zero attached hydrogens (tertiary/aromatic N) is 1. The van der Waals surface area contributed by atoms with E-state index in [2.05, 4.69) is 15.8 Å². The normalized spacial score (nSPS) is 10.4. The molecule has 0 aliphatic carbocycles. The molecule has 7 nitrogen and oxygen atoms in total. The number of carbonyl (C=O) groups is 3. The van der Waals surface area contributed by atoms with Crippen LogP contribution in [0.4, 0.5) is 0 Å². The maximum Gasteiger partial charge on any atom is 0.259 e. The van der Waals surface area contributed by atoms with Gasteiger partial charge in [-0.3, -0.25) is 9.59 Å². The Bertz CT molecular complexity index is 771. The summed E-state index contributed by atoms with van der Waals surface area (Å²) in [6.45, 7) is -0.188. The molecule has 0 saturated carbocycles. The van der Waals surface area contributed by atoms with Gasteiger partial charge in [0, 0.05) is 0 Å². The van der Waals surface area contributed by atoms with Crippen molar-refractivity contribution >= 4 is 24.0 Å². The van der Waals surface area contributed by atoms with E-state index in [4.69, 9.17) is 0 Å². The van der Waals surface area contributed by atoms with Crippen molar-refractivity contribution in [2.24, 2.45) is 5.10 Å². The molecular weight excluding hydrogens is 322 g/mol. The highest BCUT2D eigenvalue weighted by Gasteiger charge is 2.05. The molecule has 2 aromatic carbocycles. The Hall–Kier alpha value is -3.48. The molecule has 0 saturated heterocycles. The molecule has 0 heterocycles. The number of nitrogens with one attached hydrogen (secondary N) is 2. The second kappa shape index (κ2) is 8.97. The van der Waals surface area contributed by atoms with Gasteiger partial charge in [-0.1, -0.05) is 54.6 Å². The van der Waals surface area contributed by atoms with Crippen LogP contribution in [-0.2, 0) is 16.0 Å². The van der Waals surface area contributed by atoms with Crippen LogP contribution in [0.2, 0.25) is 0 Å². The van der Waals surface area contributed by atoms with Crippen LogP contribution < -0.4 is 15.8 Å². The highest BCUT2D eigenvalue weighted by atomic mass is 16.4. The third-order valence-electron chi connectivity index (χ3n) is 3.20. The summed E-state index contributed by atoms with van der Waals surface area (Å²) < 4.78 is 0. The molecule has 128 valence electrons. The van der Waals surface area contributed by atoms with Crippen molar-refractivity contribution in [3.8, 4) is 0 Å². The number of carboxylic acid groups (broad SMARTS) is 1. The summed E-state index contributed by atoms with van der Waals surface area (Å²) in [4.78, 5) is 33.9. The first-order valence-corrected chi connectivity index (χ1v) is 7.48. The van der Waals surface area contributed by atoms with Gasteiger partial charge in [0.05, 0.1) is 25.1 Å². The fourth-order valence-electron chi connectivity index (χ4n) is 1.95. The van der Waals surface area contributed by atoms with Crippen LogP contribution in [0.15, 0.2) is 59.7 Å². The van der Waals surface area contributed by atoms with Crippen LogP contribution in [0.5, 0.6) is 0 Å². The Balaban J connectivity index is 1.73. The zero-order valence-electron chi connectivity index (χ0n) is 13.3. The third kappa shape index (κ3) is 6.26. The molecule has 2 amide bonds. The van der Waals surface area contributed by atoms with E-state index in [1.54, 1.807) is 0 Å². The fraction of sp³-hybridized carbons (Fsp3) is 0.111. The molecule has 0 aromatic heterocycles. The van der Waals surface area contributed by atoms with Crippen molar-refractivity contribution < 1.29 is 19.5 Å². The Kier molecular flexibility index (Phi) is 6.41. The minimum atomic E-state index is -1.26. The SMILES string of the molecule is O=C(Cc1ccccc1)NCC(=O)NN=Cc1ccc(C(=O)[O-])cc1. The van der Waals surface area contributed by atoms with Gasteiger partial charge in [0.1, 0.15) is 0 Å². The van der Waals surface area contributed by atoms with E-state index in [0.717, 1.165) is 5.56 Å². The minimum Gasteiger partial charge on any atom is -0.545 e. The fourth-order valence-corrected chi connectivity index (χ4v) is 1.95. The molecule has 0 unspecified atom stereocenters. The van der Waals surface area contributed by atoms with Crippen molar-refractivity contribution in [3.05, 3.63) is 71.3 Å².